The number of nitrogens with one attached hydrogen (secondary N) is 5. The van der Waals surface area contributed by atoms with E-state index < -0.39 is 33.2 Å². The normalized spacial score (nSPS) is 17.6. The molecule has 30 nitrogen and oxygen atoms in total. The molecule has 1 aliphatic carbocycles. The number of aryl methyl sites for hydroxylation is 1. The van der Waals surface area contributed by atoms with E-state index >= 15 is 0 Å². The van der Waals surface area contributed by atoms with Crippen molar-refractivity contribution in [3.8, 4) is 28.0 Å². The third-order valence-corrected chi connectivity index (χ3v) is 30.0. The van der Waals surface area contributed by atoms with Crippen LogP contribution < -0.4 is 81.3 Å². The zero-order valence-corrected chi connectivity index (χ0v) is 90.0. The van der Waals surface area contributed by atoms with Gasteiger partial charge in [-0.1, -0.05) is 63.9 Å². The second-order valence-electron chi connectivity index (χ2n) is 41.0. The second kappa shape index (κ2) is 47.0. The van der Waals surface area contributed by atoms with Crippen LogP contribution in [0.15, 0.2) is 106 Å². The van der Waals surface area contributed by atoms with Gasteiger partial charge in [-0.15, -0.1) is 0 Å². The number of carbonyl (C=O) groups is 8. The molecule has 1 radical (unpaired) electrons. The maximum absolute atomic E-state index is 13.9. The van der Waals surface area contributed by atoms with Gasteiger partial charge in [0.05, 0.1) is 72.0 Å². The van der Waals surface area contributed by atoms with E-state index in [0.29, 0.717) is 116 Å². The van der Waals surface area contributed by atoms with E-state index in [2.05, 4.69) is 108 Å². The van der Waals surface area contributed by atoms with Crippen LogP contribution in [0.2, 0.25) is 0 Å². The number of pyridine rings is 1. The third-order valence-electron chi connectivity index (χ3n) is 29.5. The summed E-state index contributed by atoms with van der Waals surface area (Å²) in [5.74, 6) is -0.236. The molecule has 0 bridgehead atoms. The van der Waals surface area contributed by atoms with E-state index in [-0.39, 0.29) is 94.4 Å². The summed E-state index contributed by atoms with van der Waals surface area (Å²) in [7, 11) is 5.93. The molecule has 0 atom stereocenters. The molecule has 8 aliphatic heterocycles. The first kappa shape index (κ1) is 112. The van der Waals surface area contributed by atoms with Gasteiger partial charge in [0.15, 0.2) is 0 Å². The fraction of sp³-hybridized carbons (Fsp3) is 0.546. The van der Waals surface area contributed by atoms with Gasteiger partial charge < -0.3 is 104 Å². The summed E-state index contributed by atoms with van der Waals surface area (Å²) in [6, 6.07) is 33.1. The van der Waals surface area contributed by atoms with Crippen LogP contribution in [-0.4, -0.2) is 241 Å². The number of nitrogens with zero attached hydrogens (tertiary/aromatic N) is 5. The Morgan fingerprint density at radius 1 is 0.525 bits per heavy atom. The smallest absolute Gasteiger partial charge is 0.870 e. The Hall–Kier alpha value is -9.71. The molecule has 33 heteroatoms. The number of Topliss-reactive ketones (excluding diaryl/α,β-unsaturated/α-hetero) is 1. The molecule has 6 fully saturated rings. The van der Waals surface area contributed by atoms with Gasteiger partial charge in [0.25, 0.3) is 11.5 Å². The number of ketones is 1. The largest absolute Gasteiger partial charge is 1.00 e. The number of rotatable bonds is 21. The third kappa shape index (κ3) is 24.9. The van der Waals surface area contributed by atoms with Gasteiger partial charge in [-0.2, -0.15) is 0 Å². The summed E-state index contributed by atoms with van der Waals surface area (Å²) in [6.07, 6.45) is 9.40. The van der Waals surface area contributed by atoms with Crippen molar-refractivity contribution in [1.29, 1.82) is 0 Å². The first-order valence-electron chi connectivity index (χ1n) is 49.3. The van der Waals surface area contributed by atoms with Crippen molar-refractivity contribution in [1.82, 2.24) is 25.4 Å². The van der Waals surface area contributed by atoms with E-state index in [1.165, 1.54) is 21.3 Å². The van der Waals surface area contributed by atoms with Crippen molar-refractivity contribution >= 4 is 105 Å². The summed E-state index contributed by atoms with van der Waals surface area (Å²) in [4.78, 5) is 129. The van der Waals surface area contributed by atoms with Gasteiger partial charge in [0.1, 0.15) is 22.7 Å². The van der Waals surface area contributed by atoms with Crippen LogP contribution in [0.5, 0.6) is 5.75 Å². The van der Waals surface area contributed by atoms with Crippen LogP contribution in [0, 0.1) is 27.7 Å². The molecular weight excluding hydrogens is 1870 g/mol. The predicted molar refractivity (Wildman–Crippen MR) is 547 cm³/mol. The summed E-state index contributed by atoms with van der Waals surface area (Å²) in [6.45, 7) is 42.9. The van der Waals surface area contributed by atoms with Crippen molar-refractivity contribution in [3.05, 3.63) is 179 Å². The number of aromatic nitrogens is 1. The molecule has 141 heavy (non-hydrogen) atoms. The van der Waals surface area contributed by atoms with Crippen molar-refractivity contribution < 1.29 is 121 Å². The minimum absolute atomic E-state index is 0. The molecule has 7 N–H and O–H groups in total. The van der Waals surface area contributed by atoms with Gasteiger partial charge in [-0.3, -0.25) is 24.0 Å². The Morgan fingerprint density at radius 2 is 0.943 bits per heavy atom. The monoisotopic (exact) mass is 2010 g/mol. The molecule has 9 aliphatic rings. The van der Waals surface area contributed by atoms with Gasteiger partial charge in [-0.05, 0) is 324 Å². The number of piperidine rings is 3. The number of halogens is 1. The fourth-order valence-corrected chi connectivity index (χ4v) is 21.3. The minimum Gasteiger partial charge on any atom is -0.870 e. The van der Waals surface area contributed by atoms with E-state index in [4.69, 9.17) is 42.5 Å². The zero-order valence-electron chi connectivity index (χ0n) is 86.4. The number of likely N-dealkylation sites (tertiary alicyclic amines) is 2. The number of hydrogen-bond acceptors (Lipinski definition) is 24. The van der Waals surface area contributed by atoms with E-state index in [0.717, 1.165) is 223 Å². The average molecular weight is 2020 g/mol. The zero-order chi connectivity index (χ0) is 101. The molecule has 5 amide bonds. The summed E-state index contributed by atoms with van der Waals surface area (Å²) in [5.41, 5.74) is 14.0. The number of esters is 2. The van der Waals surface area contributed by atoms with Gasteiger partial charge in [0, 0.05) is 154 Å². The Kier molecular flexibility index (Phi) is 37.2. The molecule has 3 spiro atoms. The molecule has 757 valence electrons. The molecule has 6 saturated heterocycles. The van der Waals surface area contributed by atoms with Gasteiger partial charge in [-0.25, -0.2) is 19.2 Å². The number of amides is 5. The van der Waals surface area contributed by atoms with Crippen molar-refractivity contribution in [2.24, 2.45) is 0 Å². The molecular formula is C108H144BBrN10NaO20. The quantitative estimate of drug-likeness (QED) is 0.0221. The molecule has 6 aromatic carbocycles. The molecule has 0 saturated carbocycles. The standard InChI is InChI=1S/C36H44N4O5.C33H43N3O6.C22H35BNO5.C17H21BrN2O3.Na.H2O/c1-5-40(27-8-14-45-15-9-27)31-19-25(24-6-7-30-26(17-24)20-33(41)36(30)10-12-37-13-11-36)18-28(23(31)3)34(42)38-21-29-32(44-4)16-22(2)39-35(29)43;1-7-36(24-10-16-41-17-11-24)28-20-23(18-25(21(28)2)29(37)40-6)22-8-9-26-27(19-22)34-30(38)33(26)12-14-35(15-13-33)31(39)42-32(3,4)5;1-8-24(17-9-11-28-12-10-17)19-14-16(13-18(15(19)2)20(25)27-7)23-29-22(5,6)21(3,4)26;1-16(2,3)23-15(22)20-8-6-17(7-9-20)12-5-4-11(18)10-13(12)19-14(17)21;;/h6-7,16-19,27,37H,5,8-15,20-21H2,1-4H3,(H,38,42)(H,39,43);8-9,18-20,24H,7,10-17H2,1-6H3,(H,34,38);13-14,17,26H,8-12H2,1-7H3;4-5,10H,6-9H2,1-3H3,(H,19,21);;1H2/q;;;;+1;/p-1. The van der Waals surface area contributed by atoms with Crippen molar-refractivity contribution in [2.75, 3.05) is 145 Å². The topological polar surface area (TPSA) is 367 Å². The number of benzene rings is 6. The first-order chi connectivity index (χ1) is 65.9. The molecule has 9 heterocycles. The maximum Gasteiger partial charge on any atom is 1.00 e. The first-order valence-corrected chi connectivity index (χ1v) is 50.1. The second-order valence-corrected chi connectivity index (χ2v) is 41.9. The maximum atomic E-state index is 13.9. The summed E-state index contributed by atoms with van der Waals surface area (Å²) >= 11 is 3.43. The summed E-state index contributed by atoms with van der Waals surface area (Å²) in [5, 5.41) is 22.9. The Morgan fingerprint density at radius 3 is 1.38 bits per heavy atom. The number of methoxy groups -OCH3 is 3. The van der Waals surface area contributed by atoms with E-state index in [1.54, 1.807) is 50.2 Å². The number of fused-ring (bicyclic) bond motifs is 6. The predicted octanol–water partition coefficient (Wildman–Crippen LogP) is 13.1. The summed E-state index contributed by atoms with van der Waals surface area (Å²) < 4.78 is 50.3. The van der Waals surface area contributed by atoms with Gasteiger partial charge in [0.2, 0.25) is 11.8 Å². The number of aromatic amines is 1. The minimum atomic E-state index is -1.03. The number of aliphatic hydroxyl groups is 1. The van der Waals surface area contributed by atoms with Crippen LogP contribution in [0.25, 0.3) is 22.3 Å². The number of hydrogen-bond donors (Lipinski definition) is 6. The van der Waals surface area contributed by atoms with Crippen LogP contribution in [0.3, 0.4) is 0 Å². The van der Waals surface area contributed by atoms with Crippen LogP contribution in [0.4, 0.5) is 38.0 Å². The molecule has 7 aromatic rings. The van der Waals surface area contributed by atoms with Crippen molar-refractivity contribution in [3.63, 3.8) is 0 Å². The average Bonchev–Trinajstić information content (AvgIpc) is 1.60. The number of anilines is 5. The fourth-order valence-electron chi connectivity index (χ4n) is 20.9. The van der Waals surface area contributed by atoms with E-state index in [1.807, 2.05) is 131 Å². The van der Waals surface area contributed by atoms with Crippen LogP contribution >= 0.6 is 15.9 Å². The number of H-pyrrole nitrogens is 1. The Bertz CT molecular complexity index is 5750. The van der Waals surface area contributed by atoms with Gasteiger partial charge >= 0.3 is 61.2 Å². The SMILES string of the molecule is CC(C)(C)OC(=O)N1CCC2(CC1)C(=O)Nc1cc(Br)ccc12.CCN(c1cc(-c2ccc3c(c2)CC(=O)C32CCNCC2)cc(C(=O)NCc2c(OC)cc(C)[nH]c2=O)c1C)C1CCOCC1.CCN(c1cc(-c2ccc3c(c2)NC(=O)C32CCN(C(=O)OC(C)(C)C)CC2)cc(C(=O)OC)c1C)C1CCOCC1.CCN(c1cc([B]OC(C)(C)C(C)(C)O)cc(C(=O)OC)c1C)C1CCOCC1.[Na+].[OH-]. The number of ether oxygens (including phenoxy) is 8. The van der Waals surface area contributed by atoms with Crippen LogP contribution in [-0.2, 0) is 81.4 Å². The van der Waals surface area contributed by atoms with E-state index in [9.17, 15) is 48.3 Å². The molecule has 1 aromatic heterocycles. The Balaban J connectivity index is 0.000000184. The molecule has 16 rings (SSSR count). The van der Waals surface area contributed by atoms with Crippen molar-refractivity contribution in [2.45, 2.75) is 264 Å². The van der Waals surface area contributed by atoms with Crippen LogP contribution in [0.1, 0.15) is 248 Å². The Labute approximate surface area is 861 Å². The number of carbonyl (C=O) groups excluding carboxylic acids is 8. The molecule has 0 unspecified atom stereocenters.